The van der Waals surface area contributed by atoms with Crippen molar-refractivity contribution in [3.8, 4) is 0 Å². The second-order valence-electron chi connectivity index (χ2n) is 12.1. The average Bonchev–Trinajstić information content (AvgIpc) is 2.76. The van der Waals surface area contributed by atoms with Gasteiger partial charge in [-0.25, -0.2) is 0 Å². The highest BCUT2D eigenvalue weighted by Gasteiger charge is 2.26. The molecule has 2 N–H and O–H groups in total. The van der Waals surface area contributed by atoms with Crippen LogP contribution in [-0.2, 0) is 0 Å². The molecule has 0 spiro atoms. The third-order valence-corrected chi connectivity index (χ3v) is 8.05. The summed E-state index contributed by atoms with van der Waals surface area (Å²) in [5, 5.41) is 21.8. The van der Waals surface area contributed by atoms with Crippen molar-refractivity contribution in [2.45, 2.75) is 83.1 Å². The molecule has 4 aromatic rings. The number of hydrogen-bond acceptors (Lipinski definition) is 2. The molecule has 0 saturated carbocycles. The first-order valence-corrected chi connectivity index (χ1v) is 14.3. The molecule has 4 heteroatoms. The maximum absolute atomic E-state index is 10.9. The van der Waals surface area contributed by atoms with Crippen LogP contribution in [0, 0.1) is 83.1 Å². The van der Waals surface area contributed by atoms with Crippen LogP contribution >= 0.6 is 0 Å². The van der Waals surface area contributed by atoms with Crippen LogP contribution in [0.25, 0.3) is 0 Å². The molecule has 4 aromatic carbocycles. The molecule has 0 atom stereocenters. The highest BCUT2D eigenvalue weighted by molar-refractivity contribution is 6.80. The van der Waals surface area contributed by atoms with Crippen molar-refractivity contribution in [1.82, 2.24) is 0 Å². The van der Waals surface area contributed by atoms with Gasteiger partial charge in [-0.05, 0) is 105 Å². The van der Waals surface area contributed by atoms with E-state index < -0.39 is 13.8 Å². The summed E-state index contributed by atoms with van der Waals surface area (Å²) < 4.78 is 0. The van der Waals surface area contributed by atoms with Gasteiger partial charge in [-0.3, -0.25) is 0 Å². The Kier molecular flexibility index (Phi) is 9.93. The Bertz CT molecular complexity index is 1230. The minimum atomic E-state index is -0.545. The lowest BCUT2D eigenvalue weighted by atomic mass is 9.51. The van der Waals surface area contributed by atoms with E-state index in [2.05, 4.69) is 132 Å². The molecule has 40 heavy (non-hydrogen) atoms. The molecule has 0 heterocycles. The van der Waals surface area contributed by atoms with Crippen molar-refractivity contribution in [3.63, 3.8) is 0 Å². The molecule has 0 aromatic heterocycles. The lowest BCUT2D eigenvalue weighted by Crippen LogP contribution is -2.47. The van der Waals surface area contributed by atoms with Gasteiger partial charge in [0.15, 0.2) is 0 Å². The van der Waals surface area contributed by atoms with Crippen LogP contribution in [0.1, 0.15) is 66.8 Å². The first kappa shape index (κ1) is 31.5. The minimum absolute atomic E-state index is 0.545. The van der Waals surface area contributed by atoms with E-state index in [0.717, 1.165) is 66.4 Å². The predicted octanol–water partition coefficient (Wildman–Crippen LogP) is 5.27. The molecule has 208 valence electrons. The molecule has 0 radical (unpaired) electrons. The van der Waals surface area contributed by atoms with Gasteiger partial charge in [0.05, 0.1) is 0 Å². The van der Waals surface area contributed by atoms with Gasteiger partial charge in [0.25, 0.3) is 0 Å². The molecule has 2 nitrogen and oxygen atoms in total. The summed E-state index contributed by atoms with van der Waals surface area (Å²) in [7, 11) is 0. The summed E-state index contributed by atoms with van der Waals surface area (Å²) in [5.41, 5.74) is 18.5. The van der Waals surface area contributed by atoms with Crippen molar-refractivity contribution in [2.75, 3.05) is 0 Å². The topological polar surface area (TPSA) is 40.5 Å². The largest absolute Gasteiger partial charge is 0.443 e. The van der Waals surface area contributed by atoms with Crippen LogP contribution in [0.2, 0.25) is 0 Å². The Morgan fingerprint density at radius 2 is 0.425 bits per heavy atom. The molecular weight excluding hydrogens is 486 g/mol. The van der Waals surface area contributed by atoms with Crippen molar-refractivity contribution < 1.29 is 10.0 Å². The van der Waals surface area contributed by atoms with Crippen LogP contribution in [0.3, 0.4) is 0 Å². The minimum Gasteiger partial charge on any atom is -0.443 e. The summed E-state index contributed by atoms with van der Waals surface area (Å²) in [5.74, 6) is 0. The molecule has 0 bridgehead atoms. The predicted molar refractivity (Wildman–Crippen MR) is 177 cm³/mol. The first-order chi connectivity index (χ1) is 18.6. The monoisotopic (exact) mass is 532 g/mol. The van der Waals surface area contributed by atoms with Gasteiger partial charge >= 0.3 is 13.8 Å². The number of benzene rings is 4. The molecule has 0 amide bonds. The zero-order valence-corrected chi connectivity index (χ0v) is 26.7. The molecule has 0 saturated heterocycles. The van der Waals surface area contributed by atoms with Crippen LogP contribution < -0.4 is 21.9 Å². The van der Waals surface area contributed by atoms with E-state index in [0.29, 0.717) is 0 Å². The van der Waals surface area contributed by atoms with E-state index in [1.54, 1.807) is 0 Å². The standard InChI is InChI=1S/2C18H23BO/c2*1-11-7-13(3)17(14(4)8-11)19(20)18-15(5)9-12(2)10-16(18)6/h2*7-10,20H,1-6H3. The Balaban J connectivity index is 0.000000220. The first-order valence-electron chi connectivity index (χ1n) is 14.3. The van der Waals surface area contributed by atoms with E-state index in [1.165, 1.54) is 22.3 Å². The molecule has 4 rings (SSSR count). The van der Waals surface area contributed by atoms with Gasteiger partial charge < -0.3 is 10.0 Å². The lowest BCUT2D eigenvalue weighted by Gasteiger charge is -2.19. The molecular formula is C36H46B2O2. The van der Waals surface area contributed by atoms with Crippen LogP contribution in [0.5, 0.6) is 0 Å². The van der Waals surface area contributed by atoms with E-state index in [4.69, 9.17) is 0 Å². The fourth-order valence-corrected chi connectivity index (χ4v) is 6.78. The van der Waals surface area contributed by atoms with Gasteiger partial charge in [0.2, 0.25) is 0 Å². The van der Waals surface area contributed by atoms with Gasteiger partial charge in [-0.2, -0.15) is 0 Å². The highest BCUT2D eigenvalue weighted by atomic mass is 16.2. The van der Waals surface area contributed by atoms with Crippen LogP contribution in [0.4, 0.5) is 0 Å². The van der Waals surface area contributed by atoms with Crippen LogP contribution in [0.15, 0.2) is 48.5 Å². The SMILES string of the molecule is Cc1cc(C)c(B(O)c2c(C)cc(C)cc2C)c(C)c1.Cc1cc(C)c(B(O)c2c(C)cc(C)cc2C)c(C)c1. The number of hydrogen-bond donors (Lipinski definition) is 2. The smallest absolute Gasteiger partial charge is 0.360 e. The zero-order valence-electron chi connectivity index (χ0n) is 26.7. The Morgan fingerprint density at radius 1 is 0.300 bits per heavy atom. The van der Waals surface area contributed by atoms with E-state index in [1.807, 2.05) is 0 Å². The Labute approximate surface area is 243 Å². The third kappa shape index (κ3) is 6.79. The molecule has 0 aliphatic heterocycles. The molecule has 0 aliphatic carbocycles. The quantitative estimate of drug-likeness (QED) is 0.352. The van der Waals surface area contributed by atoms with Gasteiger partial charge in [-0.1, -0.05) is 115 Å². The normalized spacial score (nSPS) is 10.8. The summed E-state index contributed by atoms with van der Waals surface area (Å²) in [6.45, 7) is 23.9. The van der Waals surface area contributed by atoms with Crippen molar-refractivity contribution in [3.05, 3.63) is 115 Å². The average molecular weight is 532 g/mol. The second-order valence-corrected chi connectivity index (χ2v) is 12.1. The number of aryl methyl sites for hydroxylation is 12. The summed E-state index contributed by atoms with van der Waals surface area (Å²) >= 11 is 0. The summed E-state index contributed by atoms with van der Waals surface area (Å²) in [6.07, 6.45) is 0. The van der Waals surface area contributed by atoms with E-state index >= 15 is 0 Å². The fourth-order valence-electron chi connectivity index (χ4n) is 6.78. The van der Waals surface area contributed by atoms with Crippen molar-refractivity contribution in [2.24, 2.45) is 0 Å². The summed E-state index contributed by atoms with van der Waals surface area (Å²) in [4.78, 5) is 0. The zero-order chi connectivity index (χ0) is 30.0. The fraction of sp³-hybridized carbons (Fsp3) is 0.333. The second kappa shape index (κ2) is 12.6. The van der Waals surface area contributed by atoms with E-state index in [-0.39, 0.29) is 0 Å². The lowest BCUT2D eigenvalue weighted by molar-refractivity contribution is 0.598. The van der Waals surface area contributed by atoms with Gasteiger partial charge in [0, 0.05) is 0 Å². The Morgan fingerprint density at radius 3 is 0.550 bits per heavy atom. The maximum Gasteiger partial charge on any atom is 0.360 e. The van der Waals surface area contributed by atoms with Gasteiger partial charge in [-0.15, -0.1) is 0 Å². The molecule has 0 fully saturated rings. The highest BCUT2D eigenvalue weighted by Crippen LogP contribution is 2.12. The van der Waals surface area contributed by atoms with E-state index in [9.17, 15) is 10.0 Å². The third-order valence-electron chi connectivity index (χ3n) is 8.05. The maximum atomic E-state index is 10.9. The van der Waals surface area contributed by atoms with Crippen LogP contribution in [-0.4, -0.2) is 23.9 Å². The summed E-state index contributed by atoms with van der Waals surface area (Å²) in [6, 6.07) is 17.1. The van der Waals surface area contributed by atoms with Crippen molar-refractivity contribution in [1.29, 1.82) is 0 Å². The Hall–Kier alpha value is -3.07. The number of rotatable bonds is 4. The van der Waals surface area contributed by atoms with Gasteiger partial charge in [0.1, 0.15) is 0 Å². The van der Waals surface area contributed by atoms with Crippen molar-refractivity contribution >= 4 is 35.7 Å². The molecule has 0 unspecified atom stereocenters. The molecule has 0 aliphatic rings.